The van der Waals surface area contributed by atoms with E-state index >= 15 is 0 Å². The first-order chi connectivity index (χ1) is 18.2. The number of anilines is 3. The number of amides is 3. The van der Waals surface area contributed by atoms with Crippen molar-refractivity contribution in [1.29, 1.82) is 0 Å². The average Bonchev–Trinajstić information content (AvgIpc) is 3.12. The molecule has 3 amide bonds. The third-order valence-electron chi connectivity index (χ3n) is 6.05. The molecule has 0 bridgehead atoms. The van der Waals surface area contributed by atoms with E-state index < -0.39 is 23.7 Å². The summed E-state index contributed by atoms with van der Waals surface area (Å²) in [6.07, 6.45) is 0.729. The monoisotopic (exact) mass is 531 g/mol. The number of halogens is 1. The van der Waals surface area contributed by atoms with E-state index in [0.717, 1.165) is 22.4 Å². The van der Waals surface area contributed by atoms with Gasteiger partial charge >= 0.3 is 5.97 Å². The maximum absolute atomic E-state index is 13.2. The third-order valence-corrected chi connectivity index (χ3v) is 6.40. The summed E-state index contributed by atoms with van der Waals surface area (Å²) >= 11 is 6.28. The minimum Gasteiger partial charge on any atom is -0.462 e. The lowest BCUT2D eigenvalue weighted by Crippen LogP contribution is -2.33. The molecule has 1 aliphatic heterocycles. The van der Waals surface area contributed by atoms with Crippen molar-refractivity contribution in [3.8, 4) is 0 Å². The van der Waals surface area contributed by atoms with Crippen LogP contribution in [0.25, 0.3) is 0 Å². The van der Waals surface area contributed by atoms with Crippen LogP contribution in [0.4, 0.5) is 17.1 Å². The van der Waals surface area contributed by atoms with Crippen molar-refractivity contribution < 1.29 is 23.9 Å². The van der Waals surface area contributed by atoms with E-state index in [1.807, 2.05) is 26.8 Å². The fraction of sp³-hybridized carbons (Fsp3) is 0.172. The topological polar surface area (TPSA) is 105 Å². The van der Waals surface area contributed by atoms with Crippen molar-refractivity contribution in [2.75, 3.05) is 22.1 Å². The summed E-state index contributed by atoms with van der Waals surface area (Å²) in [5.41, 5.74) is 3.72. The Morgan fingerprint density at radius 2 is 1.61 bits per heavy atom. The molecule has 194 valence electrons. The van der Waals surface area contributed by atoms with E-state index in [1.54, 1.807) is 60.7 Å². The predicted molar refractivity (Wildman–Crippen MR) is 146 cm³/mol. The lowest BCUT2D eigenvalue weighted by molar-refractivity contribution is -0.120. The van der Waals surface area contributed by atoms with E-state index in [0.29, 0.717) is 34.8 Å². The molecule has 0 unspecified atom stereocenters. The van der Waals surface area contributed by atoms with E-state index in [9.17, 15) is 19.2 Å². The van der Waals surface area contributed by atoms with Gasteiger partial charge in [-0.3, -0.25) is 14.4 Å². The minimum absolute atomic E-state index is 0.0688. The van der Waals surface area contributed by atoms with Crippen molar-refractivity contribution in [3.05, 3.63) is 99.7 Å². The molecule has 2 N–H and O–H groups in total. The molecule has 4 rings (SSSR count). The zero-order valence-electron chi connectivity index (χ0n) is 21.1. The third kappa shape index (κ3) is 5.45. The number of hydrogen-bond donors (Lipinski definition) is 2. The summed E-state index contributed by atoms with van der Waals surface area (Å²) in [6.45, 7) is 5.98. The SMILES string of the molecule is CCCOC(=O)c1ccc(NC(=O)c2cccc(NC3=C(Cl)C(=O)N(c4cccc(C)c4C)C3=O)c2)cc1. The Hall–Kier alpha value is -4.43. The van der Waals surface area contributed by atoms with Gasteiger partial charge in [0.05, 0.1) is 17.9 Å². The fourth-order valence-corrected chi connectivity index (χ4v) is 4.07. The van der Waals surface area contributed by atoms with Gasteiger partial charge in [0.1, 0.15) is 10.7 Å². The van der Waals surface area contributed by atoms with Crippen LogP contribution in [0.15, 0.2) is 77.5 Å². The first kappa shape index (κ1) is 26.6. The number of imide groups is 1. The second kappa shape index (κ2) is 11.3. The number of rotatable bonds is 8. The molecule has 3 aromatic rings. The Bertz CT molecular complexity index is 1460. The van der Waals surface area contributed by atoms with Crippen molar-refractivity contribution in [1.82, 2.24) is 0 Å². The van der Waals surface area contributed by atoms with Crippen LogP contribution < -0.4 is 15.5 Å². The van der Waals surface area contributed by atoms with Gasteiger partial charge in [0, 0.05) is 16.9 Å². The van der Waals surface area contributed by atoms with Crippen LogP contribution in [0.5, 0.6) is 0 Å². The van der Waals surface area contributed by atoms with Crippen molar-refractivity contribution in [3.63, 3.8) is 0 Å². The quantitative estimate of drug-likeness (QED) is 0.291. The summed E-state index contributed by atoms with van der Waals surface area (Å²) in [7, 11) is 0. The molecule has 3 aromatic carbocycles. The number of carbonyl (C=O) groups excluding carboxylic acids is 4. The molecule has 8 nitrogen and oxygen atoms in total. The van der Waals surface area contributed by atoms with Crippen molar-refractivity contribution in [2.24, 2.45) is 0 Å². The van der Waals surface area contributed by atoms with Crippen molar-refractivity contribution >= 4 is 52.4 Å². The van der Waals surface area contributed by atoms with E-state index in [1.165, 1.54) is 0 Å². The molecule has 38 heavy (non-hydrogen) atoms. The molecule has 0 saturated heterocycles. The number of carbonyl (C=O) groups is 4. The molecule has 0 spiro atoms. The second-order valence-electron chi connectivity index (χ2n) is 8.73. The van der Waals surface area contributed by atoms with Crippen LogP contribution in [0.1, 0.15) is 45.2 Å². The molecule has 1 aliphatic rings. The summed E-state index contributed by atoms with van der Waals surface area (Å²) in [5.74, 6) is -2.03. The molecule has 0 fully saturated rings. The first-order valence-corrected chi connectivity index (χ1v) is 12.4. The zero-order chi connectivity index (χ0) is 27.4. The summed E-state index contributed by atoms with van der Waals surface area (Å²) in [6, 6.07) is 18.2. The van der Waals surface area contributed by atoms with Gasteiger partial charge in [-0.1, -0.05) is 36.7 Å². The number of benzene rings is 3. The van der Waals surface area contributed by atoms with Crippen LogP contribution in [0, 0.1) is 13.8 Å². The Kier molecular flexibility index (Phi) is 7.93. The van der Waals surface area contributed by atoms with E-state index in [4.69, 9.17) is 16.3 Å². The lowest BCUT2D eigenvalue weighted by Gasteiger charge is -2.18. The minimum atomic E-state index is -0.621. The Morgan fingerprint density at radius 1 is 0.895 bits per heavy atom. The molecular weight excluding hydrogens is 506 g/mol. The molecule has 0 aliphatic carbocycles. The normalized spacial score (nSPS) is 13.1. The maximum Gasteiger partial charge on any atom is 0.338 e. The van der Waals surface area contributed by atoms with Crippen LogP contribution in [-0.4, -0.2) is 30.3 Å². The van der Waals surface area contributed by atoms with Crippen LogP contribution in [-0.2, 0) is 14.3 Å². The maximum atomic E-state index is 13.2. The summed E-state index contributed by atoms with van der Waals surface area (Å²) in [4.78, 5) is 51.9. The smallest absolute Gasteiger partial charge is 0.338 e. The van der Waals surface area contributed by atoms with Gasteiger partial charge in [-0.15, -0.1) is 0 Å². The number of hydrogen-bond acceptors (Lipinski definition) is 6. The highest BCUT2D eigenvalue weighted by Gasteiger charge is 2.39. The average molecular weight is 532 g/mol. The Morgan fingerprint density at radius 3 is 2.32 bits per heavy atom. The van der Waals surface area contributed by atoms with Gasteiger partial charge < -0.3 is 15.4 Å². The summed E-state index contributed by atoms with van der Waals surface area (Å²) in [5, 5.41) is 5.44. The number of nitrogens with one attached hydrogen (secondary N) is 2. The predicted octanol–water partition coefficient (Wildman–Crippen LogP) is 5.56. The van der Waals surface area contributed by atoms with Crippen LogP contribution >= 0.6 is 11.6 Å². The van der Waals surface area contributed by atoms with Crippen LogP contribution in [0.3, 0.4) is 0 Å². The van der Waals surface area contributed by atoms with Crippen LogP contribution in [0.2, 0.25) is 0 Å². The molecule has 9 heteroatoms. The highest BCUT2D eigenvalue weighted by atomic mass is 35.5. The molecule has 0 atom stereocenters. The molecule has 0 radical (unpaired) electrons. The number of ether oxygens (including phenoxy) is 1. The first-order valence-electron chi connectivity index (χ1n) is 12.0. The molecule has 0 aromatic heterocycles. The molecule has 1 heterocycles. The van der Waals surface area contributed by atoms with Gasteiger partial charge in [-0.05, 0) is 79.9 Å². The highest BCUT2D eigenvalue weighted by molar-refractivity contribution is 6.53. The Balaban J connectivity index is 1.47. The van der Waals surface area contributed by atoms with Gasteiger partial charge in [0.2, 0.25) is 0 Å². The molecular formula is C29H26ClN3O5. The Labute approximate surface area is 225 Å². The largest absolute Gasteiger partial charge is 0.462 e. The highest BCUT2D eigenvalue weighted by Crippen LogP contribution is 2.33. The van der Waals surface area contributed by atoms with Gasteiger partial charge in [-0.2, -0.15) is 0 Å². The zero-order valence-corrected chi connectivity index (χ0v) is 21.9. The fourth-order valence-electron chi connectivity index (χ4n) is 3.86. The van der Waals surface area contributed by atoms with Gasteiger partial charge in [0.15, 0.2) is 0 Å². The standard InChI is InChI=1S/C29H26ClN3O5/c1-4-15-38-29(37)19-11-13-21(14-12-19)32-26(34)20-8-6-9-22(16-20)31-25-24(30)27(35)33(28(25)36)23-10-5-7-17(2)18(23)3/h5-14,16,31H,4,15H2,1-3H3,(H,32,34). The number of nitrogens with zero attached hydrogens (tertiary/aromatic N) is 1. The van der Waals surface area contributed by atoms with Gasteiger partial charge in [-0.25, -0.2) is 9.69 Å². The van der Waals surface area contributed by atoms with E-state index in [-0.39, 0.29) is 10.7 Å². The van der Waals surface area contributed by atoms with Crippen molar-refractivity contribution in [2.45, 2.75) is 27.2 Å². The number of esters is 1. The van der Waals surface area contributed by atoms with Gasteiger partial charge in [0.25, 0.3) is 17.7 Å². The second-order valence-corrected chi connectivity index (χ2v) is 9.10. The lowest BCUT2D eigenvalue weighted by atomic mass is 10.1. The number of aryl methyl sites for hydroxylation is 1. The van der Waals surface area contributed by atoms with E-state index in [2.05, 4.69) is 10.6 Å². The molecule has 0 saturated carbocycles. The summed E-state index contributed by atoms with van der Waals surface area (Å²) < 4.78 is 5.11.